The van der Waals surface area contributed by atoms with Gasteiger partial charge in [0.15, 0.2) is 0 Å². The molecule has 8 heteroatoms. The van der Waals surface area contributed by atoms with Crippen LogP contribution < -0.4 is 4.90 Å². The van der Waals surface area contributed by atoms with Gasteiger partial charge in [0.2, 0.25) is 11.8 Å². The molecule has 2 atom stereocenters. The Morgan fingerprint density at radius 1 is 1.24 bits per heavy atom. The van der Waals surface area contributed by atoms with E-state index in [-0.39, 0.29) is 23.8 Å². The Hall–Kier alpha value is -2.71. The summed E-state index contributed by atoms with van der Waals surface area (Å²) in [5, 5.41) is 2.03. The van der Waals surface area contributed by atoms with Gasteiger partial charge < -0.3 is 14.5 Å². The van der Waals surface area contributed by atoms with E-state index in [2.05, 4.69) is 6.07 Å². The fourth-order valence-corrected chi connectivity index (χ4v) is 6.19. The summed E-state index contributed by atoms with van der Waals surface area (Å²) < 4.78 is 5.79. The molecule has 0 aliphatic carbocycles. The summed E-state index contributed by atoms with van der Waals surface area (Å²) >= 11 is 1.65. The van der Waals surface area contributed by atoms with Crippen LogP contribution in [-0.4, -0.2) is 59.0 Å². The molecule has 7 nitrogen and oxygen atoms in total. The number of amides is 3. The van der Waals surface area contributed by atoms with Crippen LogP contribution in [0, 0.1) is 0 Å². The van der Waals surface area contributed by atoms with Crippen LogP contribution in [0.2, 0.25) is 0 Å². The predicted octanol–water partition coefficient (Wildman–Crippen LogP) is 4.03. The van der Waals surface area contributed by atoms with Crippen LogP contribution in [0.1, 0.15) is 60.7 Å². The van der Waals surface area contributed by atoms with Crippen molar-refractivity contribution in [3.05, 3.63) is 52.2 Å². The molecule has 3 aliphatic rings. The quantitative estimate of drug-likeness (QED) is 0.571. The second kappa shape index (κ2) is 9.50. The standard InChI is InChI=1S/C26H31N3O4S/c1-26-13-12-24(31)29(26)22-10-3-2-9-21(22)25(32)28(26)14-4-11-23(30)27(17-19-7-5-15-33-19)18-20-8-6-16-34-20/h2-3,6,8-10,16,19H,4-5,7,11-15,17-18H2,1H3. The van der Waals surface area contributed by atoms with E-state index in [1.165, 1.54) is 0 Å². The number of carbonyl (C=O) groups excluding carboxylic acids is 3. The largest absolute Gasteiger partial charge is 0.376 e. The molecule has 4 heterocycles. The number of rotatable bonds is 8. The number of anilines is 1. The van der Waals surface area contributed by atoms with Crippen molar-refractivity contribution in [1.82, 2.24) is 9.80 Å². The van der Waals surface area contributed by atoms with E-state index in [0.29, 0.717) is 56.6 Å². The average Bonchev–Trinajstić information content (AvgIpc) is 3.59. The molecule has 0 saturated carbocycles. The van der Waals surface area contributed by atoms with Crippen molar-refractivity contribution in [3.63, 3.8) is 0 Å². The average molecular weight is 482 g/mol. The first kappa shape index (κ1) is 23.1. The van der Waals surface area contributed by atoms with E-state index < -0.39 is 5.66 Å². The number of nitrogens with zero attached hydrogens (tertiary/aromatic N) is 3. The maximum atomic E-state index is 13.4. The third-order valence-corrected chi connectivity index (χ3v) is 8.11. The molecule has 0 spiro atoms. The van der Waals surface area contributed by atoms with Crippen LogP contribution in [0.3, 0.4) is 0 Å². The number of thiophene rings is 1. The maximum absolute atomic E-state index is 13.4. The molecule has 0 bridgehead atoms. The summed E-state index contributed by atoms with van der Waals surface area (Å²) in [6.45, 7) is 4.36. The SMILES string of the molecule is CC12CCC(=O)N1c1ccccc1C(=O)N2CCCC(=O)N(Cc1cccs1)CC1CCCO1. The highest BCUT2D eigenvalue weighted by Crippen LogP contribution is 2.44. The topological polar surface area (TPSA) is 70.2 Å². The first-order valence-electron chi connectivity index (χ1n) is 12.1. The summed E-state index contributed by atoms with van der Waals surface area (Å²) in [5.74, 6) is 0.0618. The van der Waals surface area contributed by atoms with E-state index in [1.807, 2.05) is 41.5 Å². The lowest BCUT2D eigenvalue weighted by Gasteiger charge is -2.48. The van der Waals surface area contributed by atoms with Crippen LogP contribution >= 0.6 is 11.3 Å². The molecule has 1 aromatic heterocycles. The molecule has 3 amide bonds. The van der Waals surface area contributed by atoms with Gasteiger partial charge >= 0.3 is 0 Å². The van der Waals surface area contributed by atoms with Crippen LogP contribution in [0.4, 0.5) is 5.69 Å². The first-order chi connectivity index (χ1) is 16.5. The minimum atomic E-state index is -0.681. The van der Waals surface area contributed by atoms with Gasteiger partial charge in [-0.2, -0.15) is 0 Å². The molecule has 180 valence electrons. The van der Waals surface area contributed by atoms with Gasteiger partial charge in [0.05, 0.1) is 23.9 Å². The molecular weight excluding hydrogens is 450 g/mol. The molecule has 2 fully saturated rings. The zero-order valence-corrected chi connectivity index (χ0v) is 20.4. The third-order valence-electron chi connectivity index (χ3n) is 7.25. The summed E-state index contributed by atoms with van der Waals surface area (Å²) in [6.07, 6.45) is 4.05. The highest BCUT2D eigenvalue weighted by Gasteiger charge is 2.52. The number of carbonyl (C=O) groups is 3. The van der Waals surface area contributed by atoms with Gasteiger partial charge in [0, 0.05) is 37.4 Å². The molecule has 0 radical (unpaired) electrons. The molecular formula is C26H31N3O4S. The molecule has 2 saturated heterocycles. The second-order valence-corrected chi connectivity index (χ2v) is 10.5. The van der Waals surface area contributed by atoms with Crippen molar-refractivity contribution in [1.29, 1.82) is 0 Å². The van der Waals surface area contributed by atoms with Crippen molar-refractivity contribution < 1.29 is 19.1 Å². The van der Waals surface area contributed by atoms with Crippen LogP contribution in [0.5, 0.6) is 0 Å². The van der Waals surface area contributed by atoms with Crippen LogP contribution in [-0.2, 0) is 20.9 Å². The van der Waals surface area contributed by atoms with Crippen molar-refractivity contribution in [2.24, 2.45) is 0 Å². The van der Waals surface area contributed by atoms with Gasteiger partial charge in [-0.15, -0.1) is 11.3 Å². The van der Waals surface area contributed by atoms with E-state index in [0.717, 1.165) is 24.3 Å². The summed E-state index contributed by atoms with van der Waals surface area (Å²) in [6, 6.07) is 11.4. The van der Waals surface area contributed by atoms with Crippen molar-refractivity contribution >= 4 is 34.7 Å². The lowest BCUT2D eigenvalue weighted by Crippen LogP contribution is -2.62. The number of hydrogen-bond donors (Lipinski definition) is 0. The Kier molecular flexibility index (Phi) is 6.44. The van der Waals surface area contributed by atoms with E-state index >= 15 is 0 Å². The Bertz CT molecular complexity index is 1070. The van der Waals surface area contributed by atoms with E-state index in [4.69, 9.17) is 4.74 Å². The maximum Gasteiger partial charge on any atom is 0.257 e. The van der Waals surface area contributed by atoms with Crippen LogP contribution in [0.25, 0.3) is 0 Å². The Labute approximate surface area is 204 Å². The van der Waals surface area contributed by atoms with Gasteiger partial charge in [-0.3, -0.25) is 19.3 Å². The van der Waals surface area contributed by atoms with Gasteiger partial charge in [-0.1, -0.05) is 18.2 Å². The number of fused-ring (bicyclic) bond motifs is 3. The van der Waals surface area contributed by atoms with Gasteiger partial charge in [-0.25, -0.2) is 0 Å². The number of benzene rings is 1. The number of ether oxygens (including phenoxy) is 1. The molecule has 0 N–H and O–H groups in total. The Morgan fingerprint density at radius 3 is 2.85 bits per heavy atom. The third kappa shape index (κ3) is 4.25. The lowest BCUT2D eigenvalue weighted by atomic mass is 9.98. The first-order valence-corrected chi connectivity index (χ1v) is 13.0. The molecule has 2 aromatic rings. The fourth-order valence-electron chi connectivity index (χ4n) is 5.47. The molecule has 2 unspecified atom stereocenters. The Balaban J connectivity index is 1.27. The zero-order chi connectivity index (χ0) is 23.7. The van der Waals surface area contributed by atoms with E-state index in [9.17, 15) is 14.4 Å². The van der Waals surface area contributed by atoms with Crippen molar-refractivity contribution in [2.75, 3.05) is 24.6 Å². The Morgan fingerprint density at radius 2 is 2.09 bits per heavy atom. The summed E-state index contributed by atoms with van der Waals surface area (Å²) in [4.78, 5) is 46.0. The van der Waals surface area contributed by atoms with Crippen LogP contribution in [0.15, 0.2) is 41.8 Å². The highest BCUT2D eigenvalue weighted by molar-refractivity contribution is 7.09. The van der Waals surface area contributed by atoms with Crippen molar-refractivity contribution in [2.45, 2.75) is 63.8 Å². The number of para-hydroxylation sites is 1. The van der Waals surface area contributed by atoms with Gasteiger partial charge in [0.25, 0.3) is 5.91 Å². The van der Waals surface area contributed by atoms with Gasteiger partial charge in [-0.05, 0) is 56.2 Å². The van der Waals surface area contributed by atoms with Crippen molar-refractivity contribution in [3.8, 4) is 0 Å². The monoisotopic (exact) mass is 481 g/mol. The predicted molar refractivity (Wildman–Crippen MR) is 131 cm³/mol. The summed E-state index contributed by atoms with van der Waals surface area (Å²) in [5.41, 5.74) is 0.572. The molecule has 3 aliphatic heterocycles. The van der Waals surface area contributed by atoms with Gasteiger partial charge in [0.1, 0.15) is 5.66 Å². The normalized spacial score (nSPS) is 23.9. The lowest BCUT2D eigenvalue weighted by molar-refractivity contribution is -0.133. The smallest absolute Gasteiger partial charge is 0.257 e. The summed E-state index contributed by atoms with van der Waals surface area (Å²) in [7, 11) is 0. The number of hydrogen-bond acceptors (Lipinski definition) is 5. The van der Waals surface area contributed by atoms with E-state index in [1.54, 1.807) is 27.2 Å². The second-order valence-electron chi connectivity index (χ2n) is 9.51. The molecule has 34 heavy (non-hydrogen) atoms. The zero-order valence-electron chi connectivity index (χ0n) is 19.6. The highest BCUT2D eigenvalue weighted by atomic mass is 32.1. The molecule has 1 aromatic carbocycles. The fraction of sp³-hybridized carbons (Fsp3) is 0.500. The molecule has 5 rings (SSSR count). The minimum Gasteiger partial charge on any atom is -0.376 e. The minimum absolute atomic E-state index is 0.0437.